The van der Waals surface area contributed by atoms with Crippen LogP contribution in [0.1, 0.15) is 53.9 Å². The Labute approximate surface area is 145 Å². The summed E-state index contributed by atoms with van der Waals surface area (Å²) in [4.78, 5) is 5.44. The second-order valence-electron chi connectivity index (χ2n) is 8.83. The minimum Gasteiger partial charge on any atom is -0.413 e. The largest absolute Gasteiger partial charge is 0.413 e. The van der Waals surface area contributed by atoms with Gasteiger partial charge in [0, 0.05) is 31.6 Å². The number of aromatic nitrogens is 2. The molecule has 2 rings (SSSR count). The predicted molar refractivity (Wildman–Crippen MR) is 96.1 cm³/mol. The maximum Gasteiger partial charge on any atom is 0.288 e. The van der Waals surface area contributed by atoms with E-state index in [0.717, 1.165) is 32.8 Å². The quantitative estimate of drug-likeness (QED) is 0.784. The molecular weight excluding hydrogens is 308 g/mol. The maximum atomic E-state index is 5.65. The van der Waals surface area contributed by atoms with Gasteiger partial charge in [-0.2, -0.15) is 0 Å². The van der Waals surface area contributed by atoms with E-state index in [-0.39, 0.29) is 5.41 Å². The van der Waals surface area contributed by atoms with Crippen molar-refractivity contribution in [1.82, 2.24) is 19.6 Å². The van der Waals surface area contributed by atoms with E-state index >= 15 is 0 Å². The van der Waals surface area contributed by atoms with Gasteiger partial charge >= 0.3 is 0 Å². The molecule has 0 aromatic carbocycles. The van der Waals surface area contributed by atoms with Crippen molar-refractivity contribution < 1.29 is 4.42 Å². The van der Waals surface area contributed by atoms with Crippen molar-refractivity contribution >= 4 is 12.2 Å². The average Bonchev–Trinajstić information content (AvgIpc) is 2.79. The summed E-state index contributed by atoms with van der Waals surface area (Å²) in [6, 6.07) is 0. The Bertz CT molecular complexity index is 556. The molecule has 1 aromatic rings. The summed E-state index contributed by atoms with van der Waals surface area (Å²) in [5.41, 5.74) is 0.304. The first-order valence-electron chi connectivity index (χ1n) is 8.58. The molecule has 0 aliphatic carbocycles. The van der Waals surface area contributed by atoms with Gasteiger partial charge in [-0.1, -0.05) is 41.5 Å². The molecule has 1 aliphatic heterocycles. The van der Waals surface area contributed by atoms with Crippen LogP contribution in [0.2, 0.25) is 0 Å². The molecule has 0 radical (unpaired) electrons. The second kappa shape index (κ2) is 7.03. The van der Waals surface area contributed by atoms with Crippen molar-refractivity contribution in [2.24, 2.45) is 5.41 Å². The number of nitrogens with zero attached hydrogens (tertiary/aromatic N) is 4. The average molecular weight is 341 g/mol. The summed E-state index contributed by atoms with van der Waals surface area (Å²) in [5.74, 6) is 0.714. The lowest BCUT2D eigenvalue weighted by Crippen LogP contribution is -2.47. The minimum atomic E-state index is -0.107. The first-order valence-corrected chi connectivity index (χ1v) is 8.98. The molecule has 0 N–H and O–H groups in total. The lowest BCUT2D eigenvalue weighted by atomic mass is 9.92. The molecule has 0 bridgehead atoms. The number of hydrogen-bond acceptors (Lipinski definition) is 5. The Hall–Kier alpha value is -0.720. The van der Waals surface area contributed by atoms with E-state index in [9.17, 15) is 0 Å². The van der Waals surface area contributed by atoms with Gasteiger partial charge in [-0.15, -0.1) is 5.10 Å². The zero-order chi connectivity index (χ0) is 17.3. The van der Waals surface area contributed by atoms with E-state index in [4.69, 9.17) is 16.6 Å². The minimum absolute atomic E-state index is 0.107. The van der Waals surface area contributed by atoms with Gasteiger partial charge in [0.2, 0.25) is 5.89 Å². The van der Waals surface area contributed by atoms with Crippen molar-refractivity contribution in [3.05, 3.63) is 10.7 Å². The number of piperazine rings is 1. The van der Waals surface area contributed by atoms with Gasteiger partial charge in [-0.25, -0.2) is 4.68 Å². The highest BCUT2D eigenvalue weighted by Crippen LogP contribution is 2.21. The number of hydrogen-bond donors (Lipinski definition) is 0. The van der Waals surface area contributed by atoms with Crippen LogP contribution in [-0.2, 0) is 12.1 Å². The number of rotatable bonds is 4. The van der Waals surface area contributed by atoms with Crippen molar-refractivity contribution in [3.63, 3.8) is 0 Å². The molecular formula is C17H32N4OS. The third kappa shape index (κ3) is 5.69. The van der Waals surface area contributed by atoms with Gasteiger partial charge in [0.25, 0.3) is 4.84 Å². The lowest BCUT2D eigenvalue weighted by Gasteiger charge is -2.35. The molecule has 5 nitrogen and oxygen atoms in total. The predicted octanol–water partition coefficient (Wildman–Crippen LogP) is 3.51. The van der Waals surface area contributed by atoms with Gasteiger partial charge in [0.15, 0.2) is 0 Å². The fraction of sp³-hybridized carbons (Fsp3) is 0.882. The second-order valence-corrected chi connectivity index (χ2v) is 9.18. The zero-order valence-corrected chi connectivity index (χ0v) is 16.4. The van der Waals surface area contributed by atoms with E-state index in [1.54, 1.807) is 0 Å². The Balaban J connectivity index is 1.85. The first kappa shape index (κ1) is 18.6. The third-order valence-electron chi connectivity index (χ3n) is 4.22. The Morgan fingerprint density at radius 1 is 1.00 bits per heavy atom. The van der Waals surface area contributed by atoms with Crippen LogP contribution in [0.4, 0.5) is 0 Å². The lowest BCUT2D eigenvalue weighted by molar-refractivity contribution is 0.0940. The van der Waals surface area contributed by atoms with Gasteiger partial charge in [-0.05, 0) is 30.6 Å². The van der Waals surface area contributed by atoms with E-state index < -0.39 is 0 Å². The molecule has 0 saturated carbocycles. The van der Waals surface area contributed by atoms with Crippen LogP contribution >= 0.6 is 12.2 Å². The normalized spacial score (nSPS) is 18.5. The molecule has 1 saturated heterocycles. The van der Waals surface area contributed by atoms with E-state index in [0.29, 0.717) is 16.1 Å². The van der Waals surface area contributed by atoms with Crippen molar-refractivity contribution in [3.8, 4) is 0 Å². The molecule has 2 heterocycles. The molecule has 1 aliphatic rings. The van der Waals surface area contributed by atoms with Crippen molar-refractivity contribution in [2.75, 3.05) is 32.7 Å². The van der Waals surface area contributed by atoms with E-state index in [1.807, 2.05) is 4.68 Å². The molecule has 1 aromatic heterocycles. The SMILES string of the molecule is CC(C)(C)CCN1CCN(Cn2nc(C(C)(C)C)oc2=S)CC1. The van der Waals surface area contributed by atoms with Gasteiger partial charge in [0.1, 0.15) is 0 Å². The zero-order valence-electron chi connectivity index (χ0n) is 15.6. The summed E-state index contributed by atoms with van der Waals surface area (Å²) in [5, 5.41) is 4.55. The fourth-order valence-electron chi connectivity index (χ4n) is 2.54. The maximum absolute atomic E-state index is 5.65. The molecule has 0 spiro atoms. The van der Waals surface area contributed by atoms with Gasteiger partial charge in [0.05, 0.1) is 6.67 Å². The fourth-order valence-corrected chi connectivity index (χ4v) is 2.71. The third-order valence-corrected chi connectivity index (χ3v) is 4.52. The first-order chi connectivity index (χ1) is 10.5. The van der Waals surface area contributed by atoms with Crippen LogP contribution in [-0.4, -0.2) is 52.3 Å². The summed E-state index contributed by atoms with van der Waals surface area (Å²) in [6.45, 7) is 19.5. The molecule has 6 heteroatoms. The van der Waals surface area contributed by atoms with Crippen LogP contribution < -0.4 is 0 Å². The molecule has 1 fully saturated rings. The summed E-state index contributed by atoms with van der Waals surface area (Å²) in [7, 11) is 0. The highest BCUT2D eigenvalue weighted by Gasteiger charge is 2.23. The molecule has 0 unspecified atom stereocenters. The molecule has 132 valence electrons. The van der Waals surface area contributed by atoms with Crippen LogP contribution in [0.3, 0.4) is 0 Å². The molecule has 0 amide bonds. The standard InChI is InChI=1S/C17H32N4OS/c1-16(2,3)7-8-19-9-11-20(12-10-19)13-21-15(23)22-14(18-21)17(4,5)6/h7-13H2,1-6H3. The van der Waals surface area contributed by atoms with Crippen LogP contribution in [0.25, 0.3) is 0 Å². The highest BCUT2D eigenvalue weighted by atomic mass is 32.1. The summed E-state index contributed by atoms with van der Waals surface area (Å²) >= 11 is 5.31. The van der Waals surface area contributed by atoms with Crippen LogP contribution in [0.15, 0.2) is 4.42 Å². The van der Waals surface area contributed by atoms with E-state index in [1.165, 1.54) is 13.0 Å². The Morgan fingerprint density at radius 2 is 1.57 bits per heavy atom. The molecule has 23 heavy (non-hydrogen) atoms. The van der Waals surface area contributed by atoms with Gasteiger partial charge < -0.3 is 9.32 Å². The van der Waals surface area contributed by atoms with Crippen LogP contribution in [0.5, 0.6) is 0 Å². The summed E-state index contributed by atoms with van der Waals surface area (Å²) in [6.07, 6.45) is 1.25. The molecule has 0 atom stereocenters. The van der Waals surface area contributed by atoms with Gasteiger partial charge in [-0.3, -0.25) is 4.90 Å². The van der Waals surface area contributed by atoms with Crippen molar-refractivity contribution in [2.45, 2.75) is 60.0 Å². The van der Waals surface area contributed by atoms with E-state index in [2.05, 4.69) is 56.4 Å². The topological polar surface area (TPSA) is 37.4 Å². The van der Waals surface area contributed by atoms with Crippen molar-refractivity contribution in [1.29, 1.82) is 0 Å². The smallest absolute Gasteiger partial charge is 0.288 e. The summed E-state index contributed by atoms with van der Waals surface area (Å²) < 4.78 is 7.47. The Kier molecular flexibility index (Phi) is 5.69. The van der Waals surface area contributed by atoms with Crippen LogP contribution in [0, 0.1) is 10.3 Å². The monoisotopic (exact) mass is 340 g/mol. The highest BCUT2D eigenvalue weighted by molar-refractivity contribution is 7.71. The Morgan fingerprint density at radius 3 is 2.04 bits per heavy atom.